The number of nitrogens with zero attached hydrogens (tertiary/aromatic N) is 1. The second kappa shape index (κ2) is 3.43. The molecule has 0 bridgehead atoms. The summed E-state index contributed by atoms with van der Waals surface area (Å²) in [6.45, 7) is 0. The van der Waals surface area contributed by atoms with Gasteiger partial charge in [-0.15, -0.1) is 0 Å². The van der Waals surface area contributed by atoms with E-state index in [1.807, 2.05) is 24.3 Å². The molecule has 14 heavy (non-hydrogen) atoms. The van der Waals surface area contributed by atoms with Crippen LogP contribution in [-0.2, 0) is 6.42 Å². The third-order valence-corrected chi connectivity index (χ3v) is 2.15. The van der Waals surface area contributed by atoms with Gasteiger partial charge in [-0.25, -0.2) is 0 Å². The molecular weight excluding hydrogens is 176 g/mol. The zero-order valence-electron chi connectivity index (χ0n) is 7.87. The van der Waals surface area contributed by atoms with Gasteiger partial charge in [0.25, 0.3) is 0 Å². The number of aromatic nitrogens is 1. The first-order chi connectivity index (χ1) is 6.83. The van der Waals surface area contributed by atoms with Crippen LogP contribution in [0.5, 0.6) is 5.75 Å². The molecule has 1 heterocycles. The summed E-state index contributed by atoms with van der Waals surface area (Å²) in [5.74, 6) is 0.822. The van der Waals surface area contributed by atoms with Crippen molar-refractivity contribution in [3.63, 3.8) is 0 Å². The van der Waals surface area contributed by atoms with E-state index in [0.29, 0.717) is 6.42 Å². The molecular formula is C11H10N2O. The summed E-state index contributed by atoms with van der Waals surface area (Å²) >= 11 is 0. The molecule has 0 aliphatic rings. The Balaban J connectivity index is 2.50. The van der Waals surface area contributed by atoms with Crippen molar-refractivity contribution in [3.8, 4) is 11.8 Å². The van der Waals surface area contributed by atoms with Gasteiger partial charge in [0.15, 0.2) is 0 Å². The van der Waals surface area contributed by atoms with Crippen LogP contribution in [0.3, 0.4) is 0 Å². The van der Waals surface area contributed by atoms with Crippen molar-refractivity contribution in [2.45, 2.75) is 6.42 Å². The molecule has 0 atom stereocenters. The largest absolute Gasteiger partial charge is 0.497 e. The maximum absolute atomic E-state index is 8.55. The summed E-state index contributed by atoms with van der Waals surface area (Å²) in [6.07, 6.45) is 0.414. The molecule has 0 amide bonds. The Morgan fingerprint density at radius 2 is 2.29 bits per heavy atom. The Morgan fingerprint density at radius 1 is 1.43 bits per heavy atom. The van der Waals surface area contributed by atoms with E-state index in [1.165, 1.54) is 0 Å². The van der Waals surface area contributed by atoms with Gasteiger partial charge in [-0.1, -0.05) is 0 Å². The van der Waals surface area contributed by atoms with Crippen molar-refractivity contribution in [2.24, 2.45) is 0 Å². The van der Waals surface area contributed by atoms with Crippen LogP contribution < -0.4 is 4.74 Å². The number of hydrogen-bond acceptors (Lipinski definition) is 2. The fraction of sp³-hybridized carbons (Fsp3) is 0.182. The Kier molecular flexibility index (Phi) is 2.11. The third kappa shape index (κ3) is 1.42. The number of nitriles is 1. The van der Waals surface area contributed by atoms with Gasteiger partial charge < -0.3 is 9.72 Å². The number of hydrogen-bond donors (Lipinski definition) is 1. The van der Waals surface area contributed by atoms with Crippen molar-refractivity contribution < 1.29 is 4.74 Å². The van der Waals surface area contributed by atoms with Crippen LogP contribution in [0.2, 0.25) is 0 Å². The lowest BCUT2D eigenvalue weighted by molar-refractivity contribution is 0.415. The predicted octanol–water partition coefficient (Wildman–Crippen LogP) is 2.24. The first kappa shape index (κ1) is 8.64. The molecule has 0 fully saturated rings. The molecule has 0 saturated heterocycles. The zero-order chi connectivity index (χ0) is 9.97. The normalized spacial score (nSPS) is 10.0. The van der Waals surface area contributed by atoms with Gasteiger partial charge in [0.2, 0.25) is 0 Å². The summed E-state index contributed by atoms with van der Waals surface area (Å²) in [5.41, 5.74) is 1.95. The van der Waals surface area contributed by atoms with Crippen LogP contribution in [0.1, 0.15) is 5.69 Å². The number of methoxy groups -OCH3 is 1. The van der Waals surface area contributed by atoms with E-state index in [2.05, 4.69) is 11.1 Å². The molecule has 3 nitrogen and oxygen atoms in total. The van der Waals surface area contributed by atoms with Crippen molar-refractivity contribution in [2.75, 3.05) is 7.11 Å². The van der Waals surface area contributed by atoms with Crippen LogP contribution in [0, 0.1) is 11.3 Å². The lowest BCUT2D eigenvalue weighted by Crippen LogP contribution is -1.81. The smallest absolute Gasteiger partial charge is 0.120 e. The van der Waals surface area contributed by atoms with Gasteiger partial charge in [-0.3, -0.25) is 0 Å². The zero-order valence-corrected chi connectivity index (χ0v) is 7.87. The second-order valence-electron chi connectivity index (χ2n) is 3.08. The van der Waals surface area contributed by atoms with Crippen molar-refractivity contribution in [3.05, 3.63) is 30.0 Å². The summed E-state index contributed by atoms with van der Waals surface area (Å²) < 4.78 is 5.11. The SMILES string of the molecule is COc1ccc2cc(CC#N)[nH]c2c1. The number of aromatic amines is 1. The lowest BCUT2D eigenvalue weighted by atomic mass is 10.2. The van der Waals surface area contributed by atoms with Crippen molar-refractivity contribution in [1.29, 1.82) is 5.26 Å². The molecule has 0 unspecified atom stereocenters. The molecule has 2 rings (SSSR count). The molecule has 0 aliphatic heterocycles. The van der Waals surface area contributed by atoms with Gasteiger partial charge in [-0.05, 0) is 23.6 Å². The second-order valence-corrected chi connectivity index (χ2v) is 3.08. The number of nitrogens with one attached hydrogen (secondary N) is 1. The number of rotatable bonds is 2. The van der Waals surface area contributed by atoms with Gasteiger partial charge in [0.05, 0.1) is 19.6 Å². The maximum atomic E-state index is 8.55. The van der Waals surface area contributed by atoms with Crippen molar-refractivity contribution in [1.82, 2.24) is 4.98 Å². The van der Waals surface area contributed by atoms with Gasteiger partial charge in [-0.2, -0.15) is 5.26 Å². The Bertz CT molecular complexity index is 493. The molecule has 1 N–H and O–H groups in total. The van der Waals surface area contributed by atoms with E-state index in [9.17, 15) is 0 Å². The molecule has 70 valence electrons. The highest BCUT2D eigenvalue weighted by Gasteiger charge is 2.01. The minimum atomic E-state index is 0.414. The molecule has 0 radical (unpaired) electrons. The standard InChI is InChI=1S/C11H10N2O/c1-14-10-3-2-8-6-9(4-5-12)13-11(8)7-10/h2-3,6-7,13H,4H2,1H3. The number of ether oxygens (including phenoxy) is 1. The summed E-state index contributed by atoms with van der Waals surface area (Å²) in [7, 11) is 1.64. The van der Waals surface area contributed by atoms with E-state index in [1.54, 1.807) is 7.11 Å². The van der Waals surface area contributed by atoms with E-state index in [-0.39, 0.29) is 0 Å². The van der Waals surface area contributed by atoms with Crippen LogP contribution in [0.15, 0.2) is 24.3 Å². The van der Waals surface area contributed by atoms with Crippen LogP contribution in [-0.4, -0.2) is 12.1 Å². The molecule has 3 heteroatoms. The highest BCUT2D eigenvalue weighted by atomic mass is 16.5. The summed E-state index contributed by atoms with van der Waals surface area (Å²) in [5, 5.41) is 9.66. The van der Waals surface area contributed by atoms with Crippen LogP contribution in [0.4, 0.5) is 0 Å². The third-order valence-electron chi connectivity index (χ3n) is 2.15. The Labute approximate surface area is 81.9 Å². The number of H-pyrrole nitrogens is 1. The van der Waals surface area contributed by atoms with Crippen LogP contribution >= 0.6 is 0 Å². The van der Waals surface area contributed by atoms with Crippen LogP contribution in [0.25, 0.3) is 10.9 Å². The molecule has 0 aliphatic carbocycles. The predicted molar refractivity (Wildman–Crippen MR) is 54.2 cm³/mol. The highest BCUT2D eigenvalue weighted by Crippen LogP contribution is 2.21. The van der Waals surface area contributed by atoms with Gasteiger partial charge in [0, 0.05) is 17.3 Å². The fourth-order valence-electron chi connectivity index (χ4n) is 1.47. The lowest BCUT2D eigenvalue weighted by Gasteiger charge is -1.97. The molecule has 2 aromatic rings. The quantitative estimate of drug-likeness (QED) is 0.781. The first-order valence-electron chi connectivity index (χ1n) is 4.36. The molecule has 1 aromatic carbocycles. The molecule has 1 aromatic heterocycles. The number of benzene rings is 1. The number of fused-ring (bicyclic) bond motifs is 1. The summed E-state index contributed by atoms with van der Waals surface area (Å²) in [6, 6.07) is 9.91. The van der Waals surface area contributed by atoms with E-state index < -0.39 is 0 Å². The molecule has 0 spiro atoms. The average Bonchev–Trinajstić information content (AvgIpc) is 2.59. The fourth-order valence-corrected chi connectivity index (χ4v) is 1.47. The topological polar surface area (TPSA) is 48.8 Å². The highest BCUT2D eigenvalue weighted by molar-refractivity contribution is 5.81. The van der Waals surface area contributed by atoms with Crippen molar-refractivity contribution >= 4 is 10.9 Å². The van der Waals surface area contributed by atoms with Gasteiger partial charge >= 0.3 is 0 Å². The summed E-state index contributed by atoms with van der Waals surface area (Å²) in [4.78, 5) is 3.17. The average molecular weight is 186 g/mol. The Morgan fingerprint density at radius 3 is 3.00 bits per heavy atom. The monoisotopic (exact) mass is 186 g/mol. The minimum absolute atomic E-state index is 0.414. The molecule has 0 saturated carbocycles. The minimum Gasteiger partial charge on any atom is -0.497 e. The van der Waals surface area contributed by atoms with E-state index in [0.717, 1.165) is 22.3 Å². The van der Waals surface area contributed by atoms with Gasteiger partial charge in [0.1, 0.15) is 5.75 Å². The van der Waals surface area contributed by atoms with E-state index >= 15 is 0 Å². The Hall–Kier alpha value is -1.95. The maximum Gasteiger partial charge on any atom is 0.120 e. The van der Waals surface area contributed by atoms with E-state index in [4.69, 9.17) is 10.00 Å². The first-order valence-corrected chi connectivity index (χ1v) is 4.36.